The lowest BCUT2D eigenvalue weighted by atomic mass is 10.1. The van der Waals surface area contributed by atoms with Crippen LogP contribution < -0.4 is 4.74 Å². The number of para-hydroxylation sites is 1. The molecule has 2 heteroatoms. The van der Waals surface area contributed by atoms with Crippen LogP contribution >= 0.6 is 0 Å². The number of methoxy groups -OCH3 is 1. The summed E-state index contributed by atoms with van der Waals surface area (Å²) in [6.45, 7) is 5.99. The van der Waals surface area contributed by atoms with Gasteiger partial charge in [0, 0.05) is 6.42 Å². The van der Waals surface area contributed by atoms with Gasteiger partial charge < -0.3 is 4.74 Å². The van der Waals surface area contributed by atoms with Crippen molar-refractivity contribution in [2.24, 2.45) is 0 Å². The van der Waals surface area contributed by atoms with Crippen molar-refractivity contribution >= 4 is 5.78 Å². The van der Waals surface area contributed by atoms with Gasteiger partial charge in [0.15, 0.2) is 5.78 Å². The Hall–Kier alpha value is -1.31. The van der Waals surface area contributed by atoms with E-state index in [0.29, 0.717) is 17.7 Å². The van der Waals surface area contributed by atoms with Crippen LogP contribution in [0.25, 0.3) is 0 Å². The average Bonchev–Trinajstić information content (AvgIpc) is 2.32. The van der Waals surface area contributed by atoms with Crippen LogP contribution in [0.5, 0.6) is 5.75 Å². The second-order valence-electron chi connectivity index (χ2n) is 2.87. The number of hydrogen-bond donors (Lipinski definition) is 0. The maximum atomic E-state index is 11.5. The Labute approximate surface area is 92.3 Å². The molecule has 1 rings (SSSR count). The lowest BCUT2D eigenvalue weighted by Crippen LogP contribution is -2.00. The van der Waals surface area contributed by atoms with Crippen LogP contribution in [0.3, 0.4) is 0 Å². The van der Waals surface area contributed by atoms with Gasteiger partial charge in [-0.2, -0.15) is 0 Å². The fourth-order valence-corrected chi connectivity index (χ4v) is 1.24. The molecule has 84 valence electrons. The summed E-state index contributed by atoms with van der Waals surface area (Å²) in [6.07, 6.45) is 1.46. The smallest absolute Gasteiger partial charge is 0.166 e. The van der Waals surface area contributed by atoms with Gasteiger partial charge in [-0.1, -0.05) is 32.9 Å². The zero-order chi connectivity index (χ0) is 11.7. The molecular weight excluding hydrogens is 188 g/mol. The quantitative estimate of drug-likeness (QED) is 0.705. The van der Waals surface area contributed by atoms with Gasteiger partial charge in [0.1, 0.15) is 5.75 Å². The predicted octanol–water partition coefficient (Wildman–Crippen LogP) is 3.70. The first kappa shape index (κ1) is 13.7. The maximum Gasteiger partial charge on any atom is 0.166 e. The number of carbonyl (C=O) groups is 1. The summed E-state index contributed by atoms with van der Waals surface area (Å²) >= 11 is 0. The molecule has 0 unspecified atom stereocenters. The minimum atomic E-state index is 0.153. The van der Waals surface area contributed by atoms with Gasteiger partial charge in [-0.05, 0) is 18.6 Å². The molecule has 15 heavy (non-hydrogen) atoms. The number of ketones is 1. The van der Waals surface area contributed by atoms with Crippen LogP contribution in [-0.2, 0) is 0 Å². The normalized spacial score (nSPS) is 8.80. The first-order valence-corrected chi connectivity index (χ1v) is 5.45. The van der Waals surface area contributed by atoms with Crippen LogP contribution in [0.15, 0.2) is 24.3 Å². The molecule has 0 N–H and O–H groups in total. The zero-order valence-electron chi connectivity index (χ0n) is 10.0. The van der Waals surface area contributed by atoms with E-state index < -0.39 is 0 Å². The standard InChI is InChI=1S/C11H14O2.C2H6/c1-3-6-10(12)9-7-4-5-8-11(9)13-2;1-2/h4-5,7-8H,3,6H2,1-2H3;1-2H3. The summed E-state index contributed by atoms with van der Waals surface area (Å²) in [7, 11) is 1.58. The minimum Gasteiger partial charge on any atom is -0.496 e. The van der Waals surface area contributed by atoms with Gasteiger partial charge in [-0.15, -0.1) is 0 Å². The Kier molecular flexibility index (Phi) is 7.33. The van der Waals surface area contributed by atoms with E-state index in [9.17, 15) is 4.79 Å². The van der Waals surface area contributed by atoms with Crippen molar-refractivity contribution in [2.75, 3.05) is 7.11 Å². The molecule has 1 aromatic rings. The average molecular weight is 208 g/mol. The Bertz CT molecular complexity index is 292. The Balaban J connectivity index is 0.000000921. The Morgan fingerprint density at radius 3 is 2.40 bits per heavy atom. The van der Waals surface area contributed by atoms with E-state index in [4.69, 9.17) is 4.74 Å². The van der Waals surface area contributed by atoms with Crippen LogP contribution in [0.2, 0.25) is 0 Å². The fraction of sp³-hybridized carbons (Fsp3) is 0.462. The second kappa shape index (κ2) is 8.04. The second-order valence-corrected chi connectivity index (χ2v) is 2.87. The first-order chi connectivity index (χ1) is 7.29. The molecule has 0 saturated heterocycles. The van der Waals surface area contributed by atoms with E-state index in [-0.39, 0.29) is 5.78 Å². The van der Waals surface area contributed by atoms with Crippen molar-refractivity contribution in [3.05, 3.63) is 29.8 Å². The monoisotopic (exact) mass is 208 g/mol. The summed E-state index contributed by atoms with van der Waals surface area (Å²) < 4.78 is 5.09. The molecule has 0 bridgehead atoms. The van der Waals surface area contributed by atoms with E-state index in [2.05, 4.69) is 0 Å². The van der Waals surface area contributed by atoms with Crippen LogP contribution in [-0.4, -0.2) is 12.9 Å². The van der Waals surface area contributed by atoms with E-state index in [0.717, 1.165) is 6.42 Å². The number of benzene rings is 1. The molecule has 0 saturated carbocycles. The van der Waals surface area contributed by atoms with Gasteiger partial charge in [0.2, 0.25) is 0 Å². The lowest BCUT2D eigenvalue weighted by molar-refractivity contribution is 0.0979. The lowest BCUT2D eigenvalue weighted by Gasteiger charge is -2.05. The molecule has 0 amide bonds. The third-order valence-electron chi connectivity index (χ3n) is 1.88. The van der Waals surface area contributed by atoms with E-state index in [1.54, 1.807) is 13.2 Å². The molecule has 0 fully saturated rings. The number of rotatable bonds is 4. The molecule has 0 radical (unpaired) electrons. The molecule has 0 atom stereocenters. The summed E-state index contributed by atoms with van der Waals surface area (Å²) in [5, 5.41) is 0. The number of hydrogen-bond acceptors (Lipinski definition) is 2. The van der Waals surface area contributed by atoms with Crippen molar-refractivity contribution in [1.29, 1.82) is 0 Å². The van der Waals surface area contributed by atoms with Crippen molar-refractivity contribution in [2.45, 2.75) is 33.6 Å². The topological polar surface area (TPSA) is 26.3 Å². The number of ether oxygens (including phenoxy) is 1. The molecule has 0 aromatic heterocycles. The molecule has 0 aliphatic rings. The molecule has 0 aliphatic carbocycles. The van der Waals surface area contributed by atoms with Gasteiger partial charge >= 0.3 is 0 Å². The molecule has 0 aliphatic heterocycles. The van der Waals surface area contributed by atoms with E-state index in [1.165, 1.54) is 0 Å². The van der Waals surface area contributed by atoms with Gasteiger partial charge in [-0.3, -0.25) is 4.79 Å². The Morgan fingerprint density at radius 1 is 1.27 bits per heavy atom. The van der Waals surface area contributed by atoms with Crippen molar-refractivity contribution in [3.8, 4) is 5.75 Å². The molecule has 1 aromatic carbocycles. The van der Waals surface area contributed by atoms with Gasteiger partial charge in [-0.25, -0.2) is 0 Å². The largest absolute Gasteiger partial charge is 0.496 e. The van der Waals surface area contributed by atoms with Gasteiger partial charge in [0.25, 0.3) is 0 Å². The highest BCUT2D eigenvalue weighted by atomic mass is 16.5. The van der Waals surface area contributed by atoms with Crippen molar-refractivity contribution < 1.29 is 9.53 Å². The first-order valence-electron chi connectivity index (χ1n) is 5.45. The third kappa shape index (κ3) is 4.15. The fourth-order valence-electron chi connectivity index (χ4n) is 1.24. The minimum absolute atomic E-state index is 0.153. The molecule has 2 nitrogen and oxygen atoms in total. The van der Waals surface area contributed by atoms with Crippen LogP contribution in [0.1, 0.15) is 44.0 Å². The number of Topliss-reactive ketones (excluding diaryl/α,β-unsaturated/α-hetero) is 1. The predicted molar refractivity (Wildman–Crippen MR) is 63.6 cm³/mol. The zero-order valence-corrected chi connectivity index (χ0v) is 10.0. The van der Waals surface area contributed by atoms with E-state index >= 15 is 0 Å². The van der Waals surface area contributed by atoms with Crippen molar-refractivity contribution in [3.63, 3.8) is 0 Å². The highest BCUT2D eigenvalue weighted by Crippen LogP contribution is 2.19. The highest BCUT2D eigenvalue weighted by Gasteiger charge is 2.09. The summed E-state index contributed by atoms with van der Waals surface area (Å²) in [4.78, 5) is 11.5. The molecule has 0 spiro atoms. The summed E-state index contributed by atoms with van der Waals surface area (Å²) in [5.41, 5.74) is 0.687. The van der Waals surface area contributed by atoms with Crippen LogP contribution in [0, 0.1) is 0 Å². The van der Waals surface area contributed by atoms with E-state index in [1.807, 2.05) is 39.0 Å². The summed E-state index contributed by atoms with van der Waals surface area (Å²) in [6, 6.07) is 7.33. The summed E-state index contributed by atoms with van der Waals surface area (Å²) in [5.74, 6) is 0.820. The molecule has 0 heterocycles. The molecular formula is C13H20O2. The maximum absolute atomic E-state index is 11.5. The highest BCUT2D eigenvalue weighted by molar-refractivity contribution is 5.98. The third-order valence-corrected chi connectivity index (χ3v) is 1.88. The Morgan fingerprint density at radius 2 is 1.87 bits per heavy atom. The van der Waals surface area contributed by atoms with Crippen molar-refractivity contribution in [1.82, 2.24) is 0 Å². The van der Waals surface area contributed by atoms with Crippen LogP contribution in [0.4, 0.5) is 0 Å². The van der Waals surface area contributed by atoms with Gasteiger partial charge in [0.05, 0.1) is 12.7 Å². The number of carbonyl (C=O) groups excluding carboxylic acids is 1. The SMILES string of the molecule is CC.CCCC(=O)c1ccccc1OC.